The minimum Gasteiger partial charge on any atom is -0.328 e. The van der Waals surface area contributed by atoms with Gasteiger partial charge in [0.2, 0.25) is 0 Å². The van der Waals surface area contributed by atoms with Crippen molar-refractivity contribution in [3.8, 4) is 0 Å². The summed E-state index contributed by atoms with van der Waals surface area (Å²) in [5.74, 6) is -0.687. The minimum absolute atomic E-state index is 0.0334. The lowest BCUT2D eigenvalue weighted by molar-refractivity contribution is -0.140. The molecule has 0 radical (unpaired) electrons. The second-order valence-electron chi connectivity index (χ2n) is 3.13. The van der Waals surface area contributed by atoms with Crippen LogP contribution in [0.15, 0.2) is 15.9 Å². The molecule has 0 aliphatic rings. The van der Waals surface area contributed by atoms with Crippen molar-refractivity contribution in [2.75, 3.05) is 19.0 Å². The van der Waals surface area contributed by atoms with Crippen molar-refractivity contribution < 1.29 is 18.0 Å². The fourth-order valence-corrected chi connectivity index (χ4v) is 2.71. The van der Waals surface area contributed by atoms with Gasteiger partial charge in [-0.1, -0.05) is 0 Å². The zero-order valence-electron chi connectivity index (χ0n) is 8.43. The number of carbonyl (C=O) groups excluding carboxylic acids is 1. The van der Waals surface area contributed by atoms with Crippen LogP contribution in [0.2, 0.25) is 0 Å². The van der Waals surface area contributed by atoms with Crippen LogP contribution in [0.5, 0.6) is 0 Å². The van der Waals surface area contributed by atoms with E-state index in [1.807, 2.05) is 0 Å². The molecule has 0 fully saturated rings. The summed E-state index contributed by atoms with van der Waals surface area (Å²) in [5, 5.41) is 0. The average Bonchev–Trinajstić information content (AvgIpc) is 2.61. The molecule has 0 spiro atoms. The van der Waals surface area contributed by atoms with Crippen molar-refractivity contribution in [1.82, 2.24) is 4.90 Å². The van der Waals surface area contributed by atoms with E-state index in [9.17, 15) is 18.0 Å². The van der Waals surface area contributed by atoms with Gasteiger partial charge in [-0.25, -0.2) is 0 Å². The fourth-order valence-electron chi connectivity index (χ4n) is 1.16. The van der Waals surface area contributed by atoms with Gasteiger partial charge in [0.1, 0.15) is 6.54 Å². The summed E-state index contributed by atoms with van der Waals surface area (Å²) < 4.78 is 37.5. The Hall–Kier alpha value is -0.270. The van der Waals surface area contributed by atoms with E-state index in [0.717, 1.165) is 11.3 Å². The van der Waals surface area contributed by atoms with Crippen LogP contribution in [0, 0.1) is 0 Å². The first-order chi connectivity index (χ1) is 7.83. The molecule has 1 rings (SSSR count). The van der Waals surface area contributed by atoms with E-state index in [2.05, 4.69) is 15.9 Å². The molecule has 0 unspecified atom stereocenters. The van der Waals surface area contributed by atoms with Crippen LogP contribution in [-0.2, 0) is 0 Å². The molecule has 0 bridgehead atoms. The van der Waals surface area contributed by atoms with Crippen LogP contribution >= 0.6 is 38.9 Å². The van der Waals surface area contributed by atoms with Crippen LogP contribution in [-0.4, -0.2) is 36.0 Å². The van der Waals surface area contributed by atoms with Gasteiger partial charge in [0.25, 0.3) is 5.91 Å². The molecule has 1 amide bonds. The molecule has 96 valence electrons. The Morgan fingerprint density at radius 1 is 1.47 bits per heavy atom. The Morgan fingerprint density at radius 2 is 2.12 bits per heavy atom. The number of thiophene rings is 1. The van der Waals surface area contributed by atoms with Gasteiger partial charge in [0.05, 0.1) is 8.66 Å². The highest BCUT2D eigenvalue weighted by Gasteiger charge is 2.33. The van der Waals surface area contributed by atoms with Crippen LogP contribution in [0.3, 0.4) is 0 Å². The van der Waals surface area contributed by atoms with E-state index in [1.165, 1.54) is 6.07 Å². The topological polar surface area (TPSA) is 20.3 Å². The molecule has 2 nitrogen and oxygen atoms in total. The van der Waals surface area contributed by atoms with E-state index in [0.29, 0.717) is 8.69 Å². The summed E-state index contributed by atoms with van der Waals surface area (Å²) in [5.41, 5.74) is 0. The molecule has 0 saturated carbocycles. The maximum Gasteiger partial charge on any atom is 0.406 e. The third-order valence-electron chi connectivity index (χ3n) is 1.80. The molecule has 8 heteroatoms. The van der Waals surface area contributed by atoms with Crippen molar-refractivity contribution in [2.45, 2.75) is 6.18 Å². The monoisotopic (exact) mass is 349 g/mol. The second-order valence-corrected chi connectivity index (χ2v) is 5.98. The van der Waals surface area contributed by atoms with Gasteiger partial charge >= 0.3 is 6.18 Å². The molecule has 1 aromatic heterocycles. The lowest BCUT2D eigenvalue weighted by Crippen LogP contribution is -2.39. The highest BCUT2D eigenvalue weighted by molar-refractivity contribution is 9.11. The summed E-state index contributed by atoms with van der Waals surface area (Å²) in [6.45, 7) is -1.41. The van der Waals surface area contributed by atoms with Crippen LogP contribution in [0.4, 0.5) is 13.2 Å². The third-order valence-corrected chi connectivity index (χ3v) is 3.58. The number of alkyl halides is 4. The molecular formula is C9H8BrClF3NOS. The molecule has 0 aromatic carbocycles. The number of hydrogen-bond acceptors (Lipinski definition) is 2. The Bertz CT molecular complexity index is 396. The standard InChI is InChI=1S/C9H8BrClF3NOS/c10-7-2-1-6(17-7)8(16)15(4-3-11)5-9(12,13)14/h1-2H,3-5H2. The summed E-state index contributed by atoms with van der Waals surface area (Å²) >= 11 is 9.64. The van der Waals surface area contributed by atoms with E-state index in [1.54, 1.807) is 6.07 Å². The lowest BCUT2D eigenvalue weighted by atomic mass is 10.3. The van der Waals surface area contributed by atoms with Crippen LogP contribution in [0.1, 0.15) is 9.67 Å². The van der Waals surface area contributed by atoms with E-state index < -0.39 is 18.6 Å². The quantitative estimate of drug-likeness (QED) is 0.757. The van der Waals surface area contributed by atoms with Crippen molar-refractivity contribution >= 4 is 44.8 Å². The SMILES string of the molecule is O=C(c1ccc(Br)s1)N(CCCl)CC(F)(F)F. The summed E-state index contributed by atoms with van der Waals surface area (Å²) in [6, 6.07) is 3.10. The Kier molecular flexibility index (Phi) is 5.27. The number of hydrogen-bond donors (Lipinski definition) is 0. The van der Waals surface area contributed by atoms with Crippen molar-refractivity contribution in [1.29, 1.82) is 0 Å². The number of nitrogens with zero attached hydrogens (tertiary/aromatic N) is 1. The highest BCUT2D eigenvalue weighted by atomic mass is 79.9. The molecule has 0 saturated heterocycles. The number of rotatable bonds is 4. The molecule has 0 atom stereocenters. The smallest absolute Gasteiger partial charge is 0.328 e. The highest BCUT2D eigenvalue weighted by Crippen LogP contribution is 2.25. The summed E-state index contributed by atoms with van der Waals surface area (Å²) in [6.07, 6.45) is -4.42. The van der Waals surface area contributed by atoms with Crippen molar-refractivity contribution in [2.24, 2.45) is 0 Å². The van der Waals surface area contributed by atoms with Crippen molar-refractivity contribution in [3.05, 3.63) is 20.8 Å². The summed E-state index contributed by atoms with van der Waals surface area (Å²) in [7, 11) is 0. The predicted octanol–water partition coefficient (Wildman–Crippen LogP) is 3.75. The molecule has 0 aliphatic heterocycles. The maximum atomic E-state index is 12.3. The maximum absolute atomic E-state index is 12.3. The number of carbonyl (C=O) groups is 1. The first-order valence-corrected chi connectivity index (χ1v) is 6.65. The van der Waals surface area contributed by atoms with E-state index >= 15 is 0 Å². The number of amides is 1. The van der Waals surface area contributed by atoms with Gasteiger partial charge in [0.15, 0.2) is 0 Å². The van der Waals surface area contributed by atoms with Gasteiger partial charge in [-0.15, -0.1) is 22.9 Å². The average molecular weight is 351 g/mol. The molecule has 1 aromatic rings. The Labute approximate surface area is 113 Å². The van der Waals surface area contributed by atoms with E-state index in [4.69, 9.17) is 11.6 Å². The minimum atomic E-state index is -4.42. The Balaban J connectivity index is 2.80. The van der Waals surface area contributed by atoms with Crippen molar-refractivity contribution in [3.63, 3.8) is 0 Å². The largest absolute Gasteiger partial charge is 0.406 e. The van der Waals surface area contributed by atoms with Crippen LogP contribution < -0.4 is 0 Å². The first-order valence-electron chi connectivity index (χ1n) is 4.51. The van der Waals surface area contributed by atoms with Gasteiger partial charge in [-0.05, 0) is 28.1 Å². The zero-order valence-corrected chi connectivity index (χ0v) is 11.6. The third kappa shape index (κ3) is 4.85. The molecule has 1 heterocycles. The van der Waals surface area contributed by atoms with E-state index in [-0.39, 0.29) is 17.3 Å². The molecule has 17 heavy (non-hydrogen) atoms. The lowest BCUT2D eigenvalue weighted by Gasteiger charge is -2.22. The second kappa shape index (κ2) is 6.06. The molecule has 0 aliphatic carbocycles. The first kappa shape index (κ1) is 14.8. The molecule has 0 N–H and O–H groups in total. The van der Waals surface area contributed by atoms with Gasteiger partial charge < -0.3 is 4.90 Å². The fraction of sp³-hybridized carbons (Fsp3) is 0.444. The number of halogens is 5. The zero-order chi connectivity index (χ0) is 13.1. The normalized spacial score (nSPS) is 11.6. The van der Waals surface area contributed by atoms with Gasteiger partial charge in [0, 0.05) is 12.4 Å². The predicted molar refractivity (Wildman–Crippen MR) is 64.7 cm³/mol. The summed E-state index contributed by atoms with van der Waals surface area (Å²) in [4.78, 5) is 12.7. The van der Waals surface area contributed by atoms with Gasteiger partial charge in [-0.3, -0.25) is 4.79 Å². The Morgan fingerprint density at radius 3 is 2.53 bits per heavy atom. The van der Waals surface area contributed by atoms with Gasteiger partial charge in [-0.2, -0.15) is 13.2 Å². The van der Waals surface area contributed by atoms with Crippen LogP contribution in [0.25, 0.3) is 0 Å². The molecular weight excluding hydrogens is 343 g/mol.